The summed E-state index contributed by atoms with van der Waals surface area (Å²) in [5.74, 6) is -3.38. The van der Waals surface area contributed by atoms with E-state index in [1.165, 1.54) is 6.07 Å². The molecule has 0 radical (unpaired) electrons. The van der Waals surface area contributed by atoms with Crippen molar-refractivity contribution in [2.75, 3.05) is 24.3 Å². The number of hydrogen-bond acceptors (Lipinski definition) is 3. The maximum absolute atomic E-state index is 13.5. The van der Waals surface area contributed by atoms with Gasteiger partial charge in [0.15, 0.2) is 5.82 Å². The third-order valence-corrected chi connectivity index (χ3v) is 3.08. The van der Waals surface area contributed by atoms with E-state index in [4.69, 9.17) is 11.6 Å². The number of rotatable bonds is 3. The van der Waals surface area contributed by atoms with Gasteiger partial charge in [-0.2, -0.15) is 4.39 Å². The smallest absolute Gasteiger partial charge is 0.258 e. The van der Waals surface area contributed by atoms with Crippen molar-refractivity contribution < 1.29 is 13.6 Å². The highest BCUT2D eigenvalue weighted by Gasteiger charge is 2.16. The van der Waals surface area contributed by atoms with Crippen LogP contribution < -0.4 is 10.2 Å². The van der Waals surface area contributed by atoms with Gasteiger partial charge in [0, 0.05) is 26.0 Å². The molecule has 0 saturated heterocycles. The van der Waals surface area contributed by atoms with Crippen molar-refractivity contribution in [3.8, 4) is 0 Å². The summed E-state index contributed by atoms with van der Waals surface area (Å²) in [6.07, 6.45) is 1.02. The monoisotopic (exact) mass is 311 g/mol. The van der Waals surface area contributed by atoms with Gasteiger partial charge in [-0.1, -0.05) is 11.6 Å². The van der Waals surface area contributed by atoms with E-state index in [0.29, 0.717) is 10.7 Å². The largest absolute Gasteiger partial charge is 0.376 e. The second-order valence-corrected chi connectivity index (χ2v) is 4.89. The van der Waals surface area contributed by atoms with Crippen molar-refractivity contribution >= 4 is 28.9 Å². The lowest BCUT2D eigenvalue weighted by Crippen LogP contribution is -2.15. The number of carbonyl (C=O) groups excluding carboxylic acids is 1. The van der Waals surface area contributed by atoms with Gasteiger partial charge >= 0.3 is 0 Å². The minimum absolute atomic E-state index is 0.382. The number of halogens is 3. The van der Waals surface area contributed by atoms with Gasteiger partial charge in [0.1, 0.15) is 0 Å². The molecular formula is C14H12ClF2N3O. The molecule has 0 atom stereocenters. The fourth-order valence-corrected chi connectivity index (χ4v) is 2.09. The first-order valence-electron chi connectivity index (χ1n) is 5.98. The van der Waals surface area contributed by atoms with Crippen molar-refractivity contribution in [2.45, 2.75) is 0 Å². The Morgan fingerprint density at radius 3 is 2.62 bits per heavy atom. The predicted molar refractivity (Wildman–Crippen MR) is 77.9 cm³/mol. The molecule has 110 valence electrons. The first kappa shape index (κ1) is 15.2. The third kappa shape index (κ3) is 3.28. The van der Waals surface area contributed by atoms with E-state index in [0.717, 1.165) is 18.0 Å². The Labute approximate surface area is 125 Å². The molecule has 1 heterocycles. The number of hydrogen-bond donors (Lipinski definition) is 1. The summed E-state index contributed by atoms with van der Waals surface area (Å²) >= 11 is 6.07. The number of pyridine rings is 1. The minimum atomic E-state index is -1.32. The number of benzene rings is 1. The second-order valence-electron chi connectivity index (χ2n) is 4.48. The Kier molecular flexibility index (Phi) is 4.37. The zero-order chi connectivity index (χ0) is 15.6. The maximum Gasteiger partial charge on any atom is 0.258 e. The number of anilines is 2. The van der Waals surface area contributed by atoms with Crippen LogP contribution in [-0.4, -0.2) is 25.0 Å². The Bertz CT molecular complexity index is 692. The zero-order valence-corrected chi connectivity index (χ0v) is 12.1. The van der Waals surface area contributed by atoms with E-state index in [2.05, 4.69) is 10.3 Å². The lowest BCUT2D eigenvalue weighted by atomic mass is 10.2. The molecule has 7 heteroatoms. The van der Waals surface area contributed by atoms with Crippen LogP contribution in [0.3, 0.4) is 0 Å². The summed E-state index contributed by atoms with van der Waals surface area (Å²) in [7, 11) is 3.66. The Morgan fingerprint density at radius 1 is 1.29 bits per heavy atom. The SMILES string of the molecule is CN(C)c1ccc(NC(=O)c2ccnc(F)c2F)cc1Cl. The Morgan fingerprint density at radius 2 is 2.00 bits per heavy atom. The lowest BCUT2D eigenvalue weighted by Gasteiger charge is -2.15. The van der Waals surface area contributed by atoms with Gasteiger partial charge in [0.05, 0.1) is 16.3 Å². The van der Waals surface area contributed by atoms with Crippen LogP contribution in [0.25, 0.3) is 0 Å². The molecular weight excluding hydrogens is 300 g/mol. The molecule has 0 saturated carbocycles. The molecule has 0 aliphatic rings. The second kappa shape index (κ2) is 6.05. The van der Waals surface area contributed by atoms with Crippen molar-refractivity contribution in [3.63, 3.8) is 0 Å². The van der Waals surface area contributed by atoms with Crippen LogP contribution in [0, 0.1) is 11.8 Å². The van der Waals surface area contributed by atoms with Crippen LogP contribution in [0.2, 0.25) is 5.02 Å². The summed E-state index contributed by atoms with van der Waals surface area (Å²) < 4.78 is 26.5. The fourth-order valence-electron chi connectivity index (χ4n) is 1.74. The summed E-state index contributed by atoms with van der Waals surface area (Å²) in [6, 6.07) is 5.96. The summed E-state index contributed by atoms with van der Waals surface area (Å²) in [5, 5.41) is 2.89. The van der Waals surface area contributed by atoms with Gasteiger partial charge in [0.25, 0.3) is 5.91 Å². The number of nitrogens with zero attached hydrogens (tertiary/aromatic N) is 2. The average Bonchev–Trinajstić information content (AvgIpc) is 2.41. The number of amides is 1. The van der Waals surface area contributed by atoms with E-state index >= 15 is 0 Å². The molecule has 1 amide bonds. The van der Waals surface area contributed by atoms with Crippen molar-refractivity contribution in [1.82, 2.24) is 4.98 Å². The first-order chi connectivity index (χ1) is 9.90. The van der Waals surface area contributed by atoms with Crippen LogP contribution in [0.1, 0.15) is 10.4 Å². The van der Waals surface area contributed by atoms with Gasteiger partial charge in [-0.3, -0.25) is 4.79 Å². The fraction of sp³-hybridized carbons (Fsp3) is 0.143. The van der Waals surface area contributed by atoms with Crippen LogP contribution in [-0.2, 0) is 0 Å². The summed E-state index contributed by atoms with van der Waals surface area (Å²) in [4.78, 5) is 16.9. The third-order valence-electron chi connectivity index (χ3n) is 2.78. The molecule has 2 aromatic rings. The average molecular weight is 312 g/mol. The molecule has 0 aliphatic carbocycles. The molecule has 21 heavy (non-hydrogen) atoms. The topological polar surface area (TPSA) is 45.2 Å². The van der Waals surface area contributed by atoms with E-state index in [-0.39, 0.29) is 0 Å². The van der Waals surface area contributed by atoms with Crippen LogP contribution in [0.4, 0.5) is 20.2 Å². The molecule has 0 bridgehead atoms. The number of carbonyl (C=O) groups is 1. The minimum Gasteiger partial charge on any atom is -0.376 e. The van der Waals surface area contributed by atoms with E-state index in [1.54, 1.807) is 12.1 Å². The number of nitrogens with one attached hydrogen (secondary N) is 1. The number of aromatic nitrogens is 1. The molecule has 4 nitrogen and oxygen atoms in total. The predicted octanol–water partition coefficient (Wildman–Crippen LogP) is 3.33. The van der Waals surface area contributed by atoms with Crippen molar-refractivity contribution in [1.29, 1.82) is 0 Å². The van der Waals surface area contributed by atoms with Gasteiger partial charge < -0.3 is 10.2 Å². The van der Waals surface area contributed by atoms with E-state index in [1.807, 2.05) is 19.0 Å². The normalized spacial score (nSPS) is 10.3. The van der Waals surface area contributed by atoms with Gasteiger partial charge in [-0.15, -0.1) is 0 Å². The molecule has 0 spiro atoms. The molecule has 0 fully saturated rings. The van der Waals surface area contributed by atoms with Crippen LogP contribution >= 0.6 is 11.6 Å². The van der Waals surface area contributed by atoms with Crippen LogP contribution in [0.5, 0.6) is 0 Å². The van der Waals surface area contributed by atoms with Gasteiger partial charge in [-0.25, -0.2) is 9.37 Å². The highest BCUT2D eigenvalue weighted by molar-refractivity contribution is 6.33. The highest BCUT2D eigenvalue weighted by atomic mass is 35.5. The lowest BCUT2D eigenvalue weighted by molar-refractivity contribution is 0.102. The zero-order valence-electron chi connectivity index (χ0n) is 11.3. The molecule has 1 aromatic heterocycles. The highest BCUT2D eigenvalue weighted by Crippen LogP contribution is 2.27. The molecule has 2 rings (SSSR count). The van der Waals surface area contributed by atoms with Gasteiger partial charge in [0.2, 0.25) is 5.95 Å². The van der Waals surface area contributed by atoms with Gasteiger partial charge in [-0.05, 0) is 24.3 Å². The van der Waals surface area contributed by atoms with Crippen molar-refractivity contribution in [3.05, 3.63) is 52.8 Å². The van der Waals surface area contributed by atoms with Crippen LogP contribution in [0.15, 0.2) is 30.5 Å². The summed E-state index contributed by atoms with van der Waals surface area (Å²) in [6.45, 7) is 0. The van der Waals surface area contributed by atoms with E-state index < -0.39 is 23.2 Å². The molecule has 1 N–H and O–H groups in total. The quantitative estimate of drug-likeness (QED) is 0.884. The molecule has 0 aliphatic heterocycles. The maximum atomic E-state index is 13.5. The first-order valence-corrected chi connectivity index (χ1v) is 6.36. The Hall–Kier alpha value is -2.21. The molecule has 0 unspecified atom stereocenters. The summed E-state index contributed by atoms with van der Waals surface area (Å²) in [5.41, 5.74) is 0.735. The van der Waals surface area contributed by atoms with E-state index in [9.17, 15) is 13.6 Å². The van der Waals surface area contributed by atoms with Crippen molar-refractivity contribution in [2.24, 2.45) is 0 Å². The molecule has 1 aromatic carbocycles. The standard InChI is InChI=1S/C14H12ClF2N3O/c1-20(2)11-4-3-8(7-10(11)15)19-14(21)9-5-6-18-13(17)12(9)16/h3-7H,1-2H3,(H,19,21). The Balaban J connectivity index is 2.24.